The second kappa shape index (κ2) is 6.11. The fourth-order valence-corrected chi connectivity index (χ4v) is 2.13. The molecule has 100 valence electrons. The lowest BCUT2D eigenvalue weighted by atomic mass is 10.2. The molecule has 19 heavy (non-hydrogen) atoms. The van der Waals surface area contributed by atoms with Crippen LogP contribution in [-0.4, -0.2) is 32.6 Å². The standard InChI is InChI=1S/C12H13IN4O2/c13-9-3-1-8(2-4-9)7-17-10(5-6-14)11(12(18)19)15-16-17/h1-4H,5-7,14H2,(H,18,19). The van der Waals surface area contributed by atoms with Gasteiger partial charge in [0.15, 0.2) is 5.69 Å². The van der Waals surface area contributed by atoms with Crippen molar-refractivity contribution < 1.29 is 9.90 Å². The van der Waals surface area contributed by atoms with Gasteiger partial charge in [-0.15, -0.1) is 5.10 Å². The second-order valence-electron chi connectivity index (χ2n) is 4.01. The zero-order valence-electron chi connectivity index (χ0n) is 10.1. The highest BCUT2D eigenvalue weighted by molar-refractivity contribution is 14.1. The number of benzene rings is 1. The van der Waals surface area contributed by atoms with Crippen LogP contribution < -0.4 is 5.73 Å². The number of carboxylic acid groups (broad SMARTS) is 1. The van der Waals surface area contributed by atoms with E-state index >= 15 is 0 Å². The second-order valence-corrected chi connectivity index (χ2v) is 5.26. The minimum absolute atomic E-state index is 0.0176. The molecule has 0 saturated carbocycles. The highest BCUT2D eigenvalue weighted by Crippen LogP contribution is 2.11. The van der Waals surface area contributed by atoms with Crippen molar-refractivity contribution in [2.75, 3.05) is 6.54 Å². The molecule has 2 rings (SSSR count). The molecule has 0 fully saturated rings. The molecule has 0 atom stereocenters. The summed E-state index contributed by atoms with van der Waals surface area (Å²) >= 11 is 2.23. The van der Waals surface area contributed by atoms with Gasteiger partial charge in [-0.25, -0.2) is 9.48 Å². The Kier molecular flexibility index (Phi) is 4.48. The van der Waals surface area contributed by atoms with E-state index in [0.717, 1.165) is 9.13 Å². The Morgan fingerprint density at radius 3 is 2.63 bits per heavy atom. The van der Waals surface area contributed by atoms with Crippen molar-refractivity contribution in [3.8, 4) is 0 Å². The van der Waals surface area contributed by atoms with E-state index in [1.54, 1.807) is 4.68 Å². The van der Waals surface area contributed by atoms with Crippen molar-refractivity contribution in [3.05, 3.63) is 44.8 Å². The smallest absolute Gasteiger partial charge is 0.358 e. The SMILES string of the molecule is NCCc1c(C(=O)O)nnn1Cc1ccc(I)cc1. The van der Waals surface area contributed by atoms with E-state index < -0.39 is 5.97 Å². The predicted molar refractivity (Wildman–Crippen MR) is 78.0 cm³/mol. The summed E-state index contributed by atoms with van der Waals surface area (Å²) in [6, 6.07) is 7.95. The third-order valence-corrected chi connectivity index (χ3v) is 3.39. The highest BCUT2D eigenvalue weighted by atomic mass is 127. The van der Waals surface area contributed by atoms with Crippen LogP contribution in [0.2, 0.25) is 0 Å². The first-order chi connectivity index (χ1) is 9.11. The normalized spacial score (nSPS) is 10.6. The molecule has 0 amide bonds. The first-order valence-electron chi connectivity index (χ1n) is 5.72. The molecule has 1 aromatic heterocycles. The average Bonchev–Trinajstić information content (AvgIpc) is 2.76. The molecule has 0 aliphatic heterocycles. The number of aromatic carboxylic acids is 1. The maximum absolute atomic E-state index is 11.0. The molecule has 0 aliphatic carbocycles. The van der Waals surface area contributed by atoms with Gasteiger partial charge in [0.2, 0.25) is 0 Å². The molecule has 7 heteroatoms. The van der Waals surface area contributed by atoms with Crippen LogP contribution in [0.1, 0.15) is 21.7 Å². The van der Waals surface area contributed by atoms with Crippen LogP contribution in [0.4, 0.5) is 0 Å². The fraction of sp³-hybridized carbons (Fsp3) is 0.250. The molecular weight excluding hydrogens is 359 g/mol. The molecular formula is C12H13IN4O2. The van der Waals surface area contributed by atoms with Gasteiger partial charge in [0.1, 0.15) is 0 Å². The van der Waals surface area contributed by atoms with Crippen LogP contribution in [0, 0.1) is 3.57 Å². The summed E-state index contributed by atoms with van der Waals surface area (Å²) in [5.41, 5.74) is 7.10. The predicted octanol–water partition coefficient (Wildman–Crippen LogP) is 1.13. The van der Waals surface area contributed by atoms with Gasteiger partial charge < -0.3 is 10.8 Å². The molecule has 3 N–H and O–H groups in total. The van der Waals surface area contributed by atoms with Gasteiger partial charge in [-0.1, -0.05) is 17.3 Å². The first kappa shape index (κ1) is 13.9. The molecule has 2 aromatic rings. The summed E-state index contributed by atoms with van der Waals surface area (Å²) in [7, 11) is 0. The lowest BCUT2D eigenvalue weighted by Gasteiger charge is -2.06. The van der Waals surface area contributed by atoms with Crippen molar-refractivity contribution in [1.82, 2.24) is 15.0 Å². The highest BCUT2D eigenvalue weighted by Gasteiger charge is 2.18. The van der Waals surface area contributed by atoms with Crippen molar-refractivity contribution in [2.24, 2.45) is 5.73 Å². The monoisotopic (exact) mass is 372 g/mol. The molecule has 0 saturated heterocycles. The Morgan fingerprint density at radius 2 is 2.05 bits per heavy atom. The third kappa shape index (κ3) is 3.29. The number of halogens is 1. The minimum atomic E-state index is -1.07. The Bertz CT molecular complexity index is 580. The number of carboxylic acids is 1. The van der Waals surface area contributed by atoms with Crippen LogP contribution in [0.5, 0.6) is 0 Å². The largest absolute Gasteiger partial charge is 0.476 e. The van der Waals surface area contributed by atoms with Gasteiger partial charge >= 0.3 is 5.97 Å². The number of nitrogens with zero attached hydrogens (tertiary/aromatic N) is 3. The molecule has 6 nitrogen and oxygen atoms in total. The van der Waals surface area contributed by atoms with Gasteiger partial charge in [0.05, 0.1) is 12.2 Å². The molecule has 0 spiro atoms. The number of nitrogens with two attached hydrogens (primary N) is 1. The Labute approximate surface area is 123 Å². The van der Waals surface area contributed by atoms with E-state index in [1.807, 2.05) is 24.3 Å². The van der Waals surface area contributed by atoms with E-state index in [1.165, 1.54) is 0 Å². The van der Waals surface area contributed by atoms with Gasteiger partial charge in [0.25, 0.3) is 0 Å². The number of hydrogen-bond donors (Lipinski definition) is 2. The van der Waals surface area contributed by atoms with Crippen LogP contribution in [0.3, 0.4) is 0 Å². The van der Waals surface area contributed by atoms with Crippen LogP contribution in [-0.2, 0) is 13.0 Å². The van der Waals surface area contributed by atoms with Gasteiger partial charge in [-0.3, -0.25) is 0 Å². The van der Waals surface area contributed by atoms with Crippen molar-refractivity contribution >= 4 is 28.6 Å². The Balaban J connectivity index is 2.29. The van der Waals surface area contributed by atoms with Gasteiger partial charge in [-0.05, 0) is 46.8 Å². The minimum Gasteiger partial charge on any atom is -0.476 e. The topological polar surface area (TPSA) is 94.0 Å². The number of aromatic nitrogens is 3. The number of carbonyl (C=O) groups is 1. The maximum atomic E-state index is 11.0. The van der Waals surface area contributed by atoms with Crippen molar-refractivity contribution in [1.29, 1.82) is 0 Å². The third-order valence-electron chi connectivity index (χ3n) is 2.67. The quantitative estimate of drug-likeness (QED) is 0.768. The molecule has 1 aromatic carbocycles. The first-order valence-corrected chi connectivity index (χ1v) is 6.80. The van der Waals surface area contributed by atoms with Crippen LogP contribution >= 0.6 is 22.6 Å². The number of rotatable bonds is 5. The zero-order chi connectivity index (χ0) is 13.8. The summed E-state index contributed by atoms with van der Waals surface area (Å²) in [5, 5.41) is 16.7. The summed E-state index contributed by atoms with van der Waals surface area (Å²) < 4.78 is 2.74. The van der Waals surface area contributed by atoms with E-state index in [-0.39, 0.29) is 5.69 Å². The summed E-state index contributed by atoms with van der Waals surface area (Å²) in [4.78, 5) is 11.0. The molecule has 0 aliphatic rings. The molecule has 0 radical (unpaired) electrons. The van der Waals surface area contributed by atoms with E-state index in [2.05, 4.69) is 32.9 Å². The molecule has 1 heterocycles. The lowest BCUT2D eigenvalue weighted by molar-refractivity contribution is 0.0689. The maximum Gasteiger partial charge on any atom is 0.358 e. The van der Waals surface area contributed by atoms with Crippen LogP contribution in [0.15, 0.2) is 24.3 Å². The van der Waals surface area contributed by atoms with Crippen LogP contribution in [0.25, 0.3) is 0 Å². The van der Waals surface area contributed by atoms with Gasteiger partial charge in [-0.2, -0.15) is 0 Å². The van der Waals surface area contributed by atoms with E-state index in [9.17, 15) is 4.79 Å². The Morgan fingerprint density at radius 1 is 1.37 bits per heavy atom. The zero-order valence-corrected chi connectivity index (χ0v) is 12.2. The van der Waals surface area contributed by atoms with E-state index in [0.29, 0.717) is 25.2 Å². The van der Waals surface area contributed by atoms with E-state index in [4.69, 9.17) is 10.8 Å². The lowest BCUT2D eigenvalue weighted by Crippen LogP contribution is -2.14. The number of hydrogen-bond acceptors (Lipinski definition) is 4. The summed E-state index contributed by atoms with van der Waals surface area (Å²) in [5.74, 6) is -1.07. The Hall–Kier alpha value is -1.48. The fourth-order valence-electron chi connectivity index (χ4n) is 1.77. The van der Waals surface area contributed by atoms with Gasteiger partial charge in [0, 0.05) is 9.99 Å². The molecule has 0 bridgehead atoms. The van der Waals surface area contributed by atoms with Crippen molar-refractivity contribution in [2.45, 2.75) is 13.0 Å². The summed E-state index contributed by atoms with van der Waals surface area (Å²) in [6.45, 7) is 0.854. The van der Waals surface area contributed by atoms with Crippen molar-refractivity contribution in [3.63, 3.8) is 0 Å². The average molecular weight is 372 g/mol. The summed E-state index contributed by atoms with van der Waals surface area (Å²) in [6.07, 6.45) is 0.443. The molecule has 0 unspecified atom stereocenters.